The highest BCUT2D eigenvalue weighted by Gasteiger charge is 2.32. The van der Waals surface area contributed by atoms with E-state index in [2.05, 4.69) is 25.6 Å². The van der Waals surface area contributed by atoms with Crippen molar-refractivity contribution in [2.24, 2.45) is 22.4 Å². The number of ketones is 1. The number of hydrogen-bond donors (Lipinski definition) is 6. The maximum Gasteiger partial charge on any atom is 0.407 e. The van der Waals surface area contributed by atoms with E-state index in [0.717, 1.165) is 40.0 Å². The van der Waals surface area contributed by atoms with Crippen molar-refractivity contribution in [2.75, 3.05) is 19.4 Å². The number of nitrogens with two attached hydrogens (primary N) is 2. The van der Waals surface area contributed by atoms with Crippen molar-refractivity contribution >= 4 is 39.5 Å². The Kier molecular flexibility index (Phi) is 12.9. The number of rotatable bonds is 18. The fourth-order valence-corrected chi connectivity index (χ4v) is 6.27. The third-order valence-electron chi connectivity index (χ3n) is 8.09. The molecule has 0 saturated carbocycles. The fourth-order valence-electron chi connectivity index (χ4n) is 5.80. The second kappa shape index (κ2) is 17.2. The number of aliphatic imine (C=N–C) groups is 1. The number of aromatic amines is 1. The monoisotopic (exact) mass is 707 g/mol. The average molecular weight is 708 g/mol. The largest absolute Gasteiger partial charge is 0.481 e. The van der Waals surface area contributed by atoms with Crippen LogP contribution in [0.5, 0.6) is 0 Å². The minimum atomic E-state index is -3.62. The van der Waals surface area contributed by atoms with Gasteiger partial charge >= 0.3 is 12.1 Å². The molecule has 4 rings (SSSR count). The maximum atomic E-state index is 13.8. The van der Waals surface area contributed by atoms with E-state index in [4.69, 9.17) is 16.2 Å². The molecule has 2 aromatic carbocycles. The van der Waals surface area contributed by atoms with E-state index in [9.17, 15) is 32.7 Å². The Bertz CT molecular complexity index is 1790. The molecule has 50 heavy (non-hydrogen) atoms. The third kappa shape index (κ3) is 11.0. The Morgan fingerprint density at radius 3 is 2.28 bits per heavy atom. The van der Waals surface area contributed by atoms with Gasteiger partial charge in [0.2, 0.25) is 5.91 Å². The zero-order valence-corrected chi connectivity index (χ0v) is 28.3. The Hall–Kier alpha value is -5.51. The molecule has 0 spiro atoms. The number of H-pyrrole nitrogens is 1. The van der Waals surface area contributed by atoms with Gasteiger partial charge in [0.1, 0.15) is 6.61 Å². The molecule has 0 bridgehead atoms. The van der Waals surface area contributed by atoms with Crippen molar-refractivity contribution in [1.82, 2.24) is 20.6 Å². The zero-order valence-electron chi connectivity index (χ0n) is 27.4. The number of ether oxygens (including phenoxy) is 1. The number of fused-ring (bicyclic) bond motifs is 3. The minimum absolute atomic E-state index is 0.0127. The van der Waals surface area contributed by atoms with Gasteiger partial charge in [0.25, 0.3) is 0 Å². The number of nitrogens with one attached hydrogen (secondary N) is 3. The van der Waals surface area contributed by atoms with Crippen LogP contribution >= 0.6 is 0 Å². The maximum absolute atomic E-state index is 13.8. The molecule has 1 heterocycles. The van der Waals surface area contributed by atoms with E-state index < -0.39 is 58.0 Å². The summed E-state index contributed by atoms with van der Waals surface area (Å²) in [7, 11) is -3.62. The van der Waals surface area contributed by atoms with E-state index in [1.54, 1.807) is 0 Å². The van der Waals surface area contributed by atoms with Crippen molar-refractivity contribution in [3.05, 3.63) is 89.4 Å². The number of guanidine groups is 1. The molecule has 0 unspecified atom stereocenters. The van der Waals surface area contributed by atoms with Crippen LogP contribution in [-0.2, 0) is 35.4 Å². The predicted octanol–water partition coefficient (Wildman–Crippen LogP) is 2.01. The SMILES string of the molecule is CS(=O)(=O)/C=C/[C@H](CC(=O)O)NC(=O)[C@@H](CC(=O)[C@H](CCCN=C(N)N)NC(=O)OCC1c2ccccc2-c2ccccc21)Cc1cnc[nH]1. The van der Waals surface area contributed by atoms with Crippen LogP contribution in [0.4, 0.5) is 4.79 Å². The molecule has 15 nitrogen and oxygen atoms in total. The molecule has 1 aliphatic rings. The summed E-state index contributed by atoms with van der Waals surface area (Å²) in [6, 6.07) is 13.5. The number of carbonyl (C=O) groups is 4. The van der Waals surface area contributed by atoms with E-state index in [1.165, 1.54) is 12.5 Å². The van der Waals surface area contributed by atoms with Crippen LogP contribution < -0.4 is 22.1 Å². The number of hydrogen-bond acceptors (Lipinski definition) is 9. The zero-order chi connectivity index (χ0) is 36.3. The van der Waals surface area contributed by atoms with Gasteiger partial charge in [0.05, 0.1) is 30.7 Å². The van der Waals surface area contributed by atoms with Gasteiger partial charge in [-0.2, -0.15) is 0 Å². The van der Waals surface area contributed by atoms with Crippen molar-refractivity contribution in [2.45, 2.75) is 50.1 Å². The highest BCUT2D eigenvalue weighted by Crippen LogP contribution is 2.44. The van der Waals surface area contributed by atoms with Gasteiger partial charge in [-0.25, -0.2) is 18.2 Å². The lowest BCUT2D eigenvalue weighted by Gasteiger charge is -2.23. The van der Waals surface area contributed by atoms with Crippen LogP contribution in [0.3, 0.4) is 0 Å². The summed E-state index contributed by atoms with van der Waals surface area (Å²) in [5, 5.41) is 15.3. The number of Topliss-reactive ketones (excluding diaryl/α,β-unsaturated/α-hetero) is 1. The van der Waals surface area contributed by atoms with Crippen LogP contribution in [0.1, 0.15) is 48.4 Å². The lowest BCUT2D eigenvalue weighted by atomic mass is 9.91. The number of carbonyl (C=O) groups excluding carboxylic acids is 3. The van der Waals surface area contributed by atoms with Gasteiger partial charge in [-0.05, 0) is 35.1 Å². The molecule has 2 amide bonds. The van der Waals surface area contributed by atoms with Crippen LogP contribution in [0.2, 0.25) is 0 Å². The molecule has 8 N–H and O–H groups in total. The van der Waals surface area contributed by atoms with Crippen molar-refractivity contribution in [1.29, 1.82) is 0 Å². The quantitative estimate of drug-likeness (QED) is 0.0634. The lowest BCUT2D eigenvalue weighted by Crippen LogP contribution is -2.45. The molecular formula is C34H41N7O8S. The number of carboxylic acid groups (broad SMARTS) is 1. The Balaban J connectivity index is 1.49. The van der Waals surface area contributed by atoms with Crippen LogP contribution in [-0.4, -0.2) is 84.7 Å². The number of imidazole rings is 1. The predicted molar refractivity (Wildman–Crippen MR) is 185 cm³/mol. The molecule has 3 aromatic rings. The van der Waals surface area contributed by atoms with Crippen LogP contribution in [0, 0.1) is 5.92 Å². The first-order chi connectivity index (χ1) is 23.8. The Labute approximate surface area is 289 Å². The highest BCUT2D eigenvalue weighted by atomic mass is 32.2. The number of amides is 2. The summed E-state index contributed by atoms with van der Waals surface area (Å²) in [6.07, 6.45) is 3.54. The lowest BCUT2D eigenvalue weighted by molar-refractivity contribution is -0.137. The normalized spacial score (nSPS) is 14.2. The summed E-state index contributed by atoms with van der Waals surface area (Å²) in [6.45, 7) is 0.200. The van der Waals surface area contributed by atoms with Gasteiger partial charge in [0, 0.05) is 48.9 Å². The molecule has 1 aliphatic carbocycles. The van der Waals surface area contributed by atoms with Crippen LogP contribution in [0.25, 0.3) is 11.1 Å². The van der Waals surface area contributed by atoms with E-state index in [0.29, 0.717) is 12.1 Å². The number of sulfone groups is 1. The summed E-state index contributed by atoms with van der Waals surface area (Å²) < 4.78 is 29.0. The topological polar surface area (TPSA) is 249 Å². The summed E-state index contributed by atoms with van der Waals surface area (Å²) >= 11 is 0. The van der Waals surface area contributed by atoms with Crippen molar-refractivity contribution in [3.8, 4) is 11.1 Å². The first kappa shape index (κ1) is 37.3. The number of nitrogens with zero attached hydrogens (tertiary/aromatic N) is 2. The van der Waals surface area contributed by atoms with Crippen molar-refractivity contribution < 1.29 is 37.4 Å². The second-order valence-corrected chi connectivity index (χ2v) is 13.9. The molecule has 266 valence electrons. The van der Waals surface area contributed by atoms with E-state index in [-0.39, 0.29) is 44.3 Å². The smallest absolute Gasteiger partial charge is 0.407 e. The summed E-state index contributed by atoms with van der Waals surface area (Å²) in [4.78, 5) is 62.8. The number of carboxylic acids is 1. The Morgan fingerprint density at radius 1 is 1.04 bits per heavy atom. The third-order valence-corrected chi connectivity index (χ3v) is 8.74. The number of benzene rings is 2. The van der Waals surface area contributed by atoms with Crippen LogP contribution in [0.15, 0.2) is 77.5 Å². The molecule has 16 heteroatoms. The molecule has 3 atom stereocenters. The average Bonchev–Trinajstić information content (AvgIpc) is 3.69. The number of aliphatic carboxylic acids is 1. The number of alkyl carbamates (subject to hydrolysis) is 1. The molecule has 1 aromatic heterocycles. The summed E-state index contributed by atoms with van der Waals surface area (Å²) in [5.74, 6) is -3.85. The van der Waals surface area contributed by atoms with Gasteiger partial charge in [0.15, 0.2) is 21.6 Å². The first-order valence-electron chi connectivity index (χ1n) is 15.9. The summed E-state index contributed by atoms with van der Waals surface area (Å²) in [5.41, 5.74) is 15.6. The number of aromatic nitrogens is 2. The fraction of sp³-hybridized carbons (Fsp3) is 0.353. The molecule has 0 radical (unpaired) electrons. The van der Waals surface area contributed by atoms with Gasteiger partial charge in [-0.1, -0.05) is 54.6 Å². The first-order valence-corrected chi connectivity index (χ1v) is 17.8. The van der Waals surface area contributed by atoms with Gasteiger partial charge in [-0.3, -0.25) is 19.4 Å². The van der Waals surface area contributed by atoms with Gasteiger partial charge < -0.3 is 36.9 Å². The van der Waals surface area contributed by atoms with Gasteiger partial charge in [-0.15, -0.1) is 0 Å². The second-order valence-electron chi connectivity index (χ2n) is 12.0. The molecule has 0 fully saturated rings. The van der Waals surface area contributed by atoms with E-state index >= 15 is 0 Å². The molecule has 0 saturated heterocycles. The molecular weight excluding hydrogens is 666 g/mol. The highest BCUT2D eigenvalue weighted by molar-refractivity contribution is 7.93. The van der Waals surface area contributed by atoms with Crippen molar-refractivity contribution in [3.63, 3.8) is 0 Å². The minimum Gasteiger partial charge on any atom is -0.481 e. The Morgan fingerprint density at radius 2 is 1.70 bits per heavy atom. The molecule has 0 aliphatic heterocycles. The standard InChI is InChI=1S/C34H41N7O8S/c1-50(47,48)14-12-22(17-31(43)44)40-32(45)21(15-23-18-37-20-39-23)16-30(42)29(11-6-13-38-33(35)36)41-34(46)49-19-28-26-9-4-2-7-24(26)25-8-3-5-10-27(25)28/h2-5,7-10,12,14,18,20-22,28-29H,6,11,13,15-17,19H2,1H3,(H,37,39)(H,40,45)(H,41,46)(H,43,44)(H4,35,36,38)/b14-12+/t21-,22-,29+/m1/s1. The van der Waals surface area contributed by atoms with E-state index in [1.807, 2.05) is 48.5 Å².